The number of rotatable bonds is 44. The molecule has 0 saturated carbocycles. The molecule has 0 aromatic rings. The molecule has 0 aromatic carbocycles. The maximum Gasteiger partial charge on any atom is 0.249 e. The minimum Gasteiger partial charge on any atom is -0.394 e. The largest absolute Gasteiger partial charge is 0.394 e. The van der Waals surface area contributed by atoms with Gasteiger partial charge in [-0.05, 0) is 77.0 Å². The van der Waals surface area contributed by atoms with E-state index in [1.807, 2.05) is 6.08 Å². The second-order valence-electron chi connectivity index (χ2n) is 16.6. The lowest BCUT2D eigenvalue weighted by Gasteiger charge is -2.21. The highest BCUT2D eigenvalue weighted by molar-refractivity contribution is 5.80. The number of hydrogen-bond acceptors (Lipinski definition) is 4. The Kier molecular flexibility index (Phi) is 45.1. The summed E-state index contributed by atoms with van der Waals surface area (Å²) in [6.07, 6.45) is 62.8. The van der Waals surface area contributed by atoms with Crippen molar-refractivity contribution in [3.05, 3.63) is 60.8 Å². The summed E-state index contributed by atoms with van der Waals surface area (Å²) in [5, 5.41) is 33.1. The van der Waals surface area contributed by atoms with Gasteiger partial charge in [-0.15, -0.1) is 0 Å². The van der Waals surface area contributed by atoms with Crippen LogP contribution >= 0.6 is 0 Å². The molecule has 3 unspecified atom stereocenters. The van der Waals surface area contributed by atoms with Crippen LogP contribution in [0.4, 0.5) is 0 Å². The first-order valence-corrected chi connectivity index (χ1v) is 24.6. The van der Waals surface area contributed by atoms with Gasteiger partial charge in [-0.3, -0.25) is 4.79 Å². The van der Waals surface area contributed by atoms with Crippen LogP contribution in [0.15, 0.2) is 60.8 Å². The molecule has 0 spiro atoms. The van der Waals surface area contributed by atoms with Crippen LogP contribution in [0.5, 0.6) is 0 Å². The molecule has 332 valence electrons. The lowest BCUT2D eigenvalue weighted by molar-refractivity contribution is -0.131. The van der Waals surface area contributed by atoms with Crippen molar-refractivity contribution in [2.75, 3.05) is 6.61 Å². The maximum atomic E-state index is 12.5. The van der Waals surface area contributed by atoms with Gasteiger partial charge in [-0.2, -0.15) is 0 Å². The number of unbranched alkanes of at least 4 members (excludes halogenated alkanes) is 28. The first-order valence-electron chi connectivity index (χ1n) is 24.6. The third kappa shape index (κ3) is 42.0. The fourth-order valence-corrected chi connectivity index (χ4v) is 7.19. The first kappa shape index (κ1) is 55.0. The van der Waals surface area contributed by atoms with Gasteiger partial charge >= 0.3 is 0 Å². The lowest BCUT2D eigenvalue weighted by Crippen LogP contribution is -2.48. The monoisotopic (exact) mass is 798 g/mol. The maximum absolute atomic E-state index is 12.5. The lowest BCUT2D eigenvalue weighted by atomic mass is 10.0. The van der Waals surface area contributed by atoms with Crippen LogP contribution in [0.2, 0.25) is 0 Å². The van der Waals surface area contributed by atoms with Crippen LogP contribution < -0.4 is 5.32 Å². The highest BCUT2D eigenvalue weighted by atomic mass is 16.3. The van der Waals surface area contributed by atoms with E-state index in [-0.39, 0.29) is 6.61 Å². The number of carbonyl (C=O) groups excluding carboxylic acids is 1. The van der Waals surface area contributed by atoms with Crippen molar-refractivity contribution < 1.29 is 20.1 Å². The molecule has 57 heavy (non-hydrogen) atoms. The molecular formula is C52H95NO4. The number of aliphatic hydroxyl groups is 3. The zero-order chi connectivity index (χ0) is 41.5. The molecule has 0 rings (SSSR count). The minimum atomic E-state index is -1.11. The SMILES string of the molecule is CCCCC/C=C/CC/C=C/CC/C=C/C(O)C(CO)NC(=O)C(O)CCCCCCCCCCCCCCCC/C=C\C/C=C\CCCCCCCCCCC. The second kappa shape index (κ2) is 46.7. The topological polar surface area (TPSA) is 89.8 Å². The summed E-state index contributed by atoms with van der Waals surface area (Å²) in [7, 11) is 0. The summed E-state index contributed by atoms with van der Waals surface area (Å²) in [4.78, 5) is 12.5. The quantitative estimate of drug-likeness (QED) is 0.0365. The summed E-state index contributed by atoms with van der Waals surface area (Å²) < 4.78 is 0. The molecule has 1 amide bonds. The van der Waals surface area contributed by atoms with E-state index in [0.717, 1.165) is 51.4 Å². The molecule has 0 heterocycles. The van der Waals surface area contributed by atoms with Crippen molar-refractivity contribution in [3.63, 3.8) is 0 Å². The van der Waals surface area contributed by atoms with E-state index in [1.165, 1.54) is 167 Å². The molecule has 0 aromatic heterocycles. The summed E-state index contributed by atoms with van der Waals surface area (Å²) in [6, 6.07) is -0.822. The smallest absolute Gasteiger partial charge is 0.249 e. The van der Waals surface area contributed by atoms with Crippen LogP contribution in [-0.4, -0.2) is 46.1 Å². The van der Waals surface area contributed by atoms with Crippen LogP contribution in [-0.2, 0) is 4.79 Å². The van der Waals surface area contributed by atoms with Crippen molar-refractivity contribution in [3.8, 4) is 0 Å². The predicted octanol–water partition coefficient (Wildman–Crippen LogP) is 14.7. The highest BCUT2D eigenvalue weighted by Crippen LogP contribution is 2.15. The summed E-state index contributed by atoms with van der Waals surface area (Å²) in [5.74, 6) is -0.519. The molecule has 4 N–H and O–H groups in total. The fourth-order valence-electron chi connectivity index (χ4n) is 7.19. The zero-order valence-electron chi connectivity index (χ0n) is 37.7. The third-order valence-electron chi connectivity index (χ3n) is 11.1. The van der Waals surface area contributed by atoms with E-state index in [4.69, 9.17) is 0 Å². The molecule has 5 nitrogen and oxygen atoms in total. The van der Waals surface area contributed by atoms with Gasteiger partial charge in [0.05, 0.1) is 18.8 Å². The Bertz CT molecular complexity index is 969. The van der Waals surface area contributed by atoms with Gasteiger partial charge in [0.15, 0.2) is 0 Å². The van der Waals surface area contributed by atoms with Crippen LogP contribution in [0.1, 0.15) is 239 Å². The molecule has 0 saturated heterocycles. The van der Waals surface area contributed by atoms with Gasteiger partial charge in [0, 0.05) is 0 Å². The molecule has 0 aliphatic rings. The average Bonchev–Trinajstić information content (AvgIpc) is 3.22. The molecular weight excluding hydrogens is 703 g/mol. The van der Waals surface area contributed by atoms with E-state index in [0.29, 0.717) is 6.42 Å². The standard InChI is InChI=1S/C52H95NO4/c1-3-5-7-9-11-13-15-17-18-19-20-21-22-23-24-25-26-27-28-29-30-31-32-33-35-37-39-41-43-45-47-51(56)52(57)53-49(48-54)50(55)46-44-42-40-38-36-34-16-14-12-10-8-6-4-2/h12,14,20-21,23-24,36,38,44,46,49-51,54-56H,3-11,13,15-19,22,25-35,37,39-43,45,47-48H2,1-2H3,(H,53,57)/b14-12+,21-20-,24-23-,38-36+,46-44+. The normalized spacial score (nSPS) is 14.0. The Labute approximate surface area is 354 Å². The van der Waals surface area contributed by atoms with Crippen molar-refractivity contribution in [1.29, 1.82) is 0 Å². The van der Waals surface area contributed by atoms with Crippen molar-refractivity contribution in [2.45, 2.75) is 257 Å². The Balaban J connectivity index is 3.60. The van der Waals surface area contributed by atoms with Gasteiger partial charge in [0.2, 0.25) is 5.91 Å². The average molecular weight is 798 g/mol. The van der Waals surface area contributed by atoms with Crippen molar-refractivity contribution in [2.24, 2.45) is 0 Å². The van der Waals surface area contributed by atoms with E-state index in [9.17, 15) is 20.1 Å². The minimum absolute atomic E-state index is 0.383. The number of carbonyl (C=O) groups is 1. The van der Waals surface area contributed by atoms with E-state index in [2.05, 4.69) is 67.8 Å². The van der Waals surface area contributed by atoms with E-state index in [1.54, 1.807) is 6.08 Å². The van der Waals surface area contributed by atoms with Crippen molar-refractivity contribution in [1.82, 2.24) is 5.32 Å². The van der Waals surface area contributed by atoms with Crippen LogP contribution in [0, 0.1) is 0 Å². The molecule has 0 bridgehead atoms. The van der Waals surface area contributed by atoms with Gasteiger partial charge in [-0.25, -0.2) is 0 Å². The second-order valence-corrected chi connectivity index (χ2v) is 16.6. The van der Waals surface area contributed by atoms with Crippen LogP contribution in [0.25, 0.3) is 0 Å². The van der Waals surface area contributed by atoms with Gasteiger partial charge in [0.25, 0.3) is 0 Å². The van der Waals surface area contributed by atoms with Gasteiger partial charge in [-0.1, -0.05) is 222 Å². The van der Waals surface area contributed by atoms with Gasteiger partial charge in [0.1, 0.15) is 6.10 Å². The first-order chi connectivity index (χ1) is 28.1. The number of amides is 1. The molecule has 0 aliphatic heterocycles. The predicted molar refractivity (Wildman–Crippen MR) is 250 cm³/mol. The van der Waals surface area contributed by atoms with E-state index >= 15 is 0 Å². The third-order valence-corrected chi connectivity index (χ3v) is 11.1. The Hall–Kier alpha value is -1.95. The molecule has 5 heteroatoms. The fraction of sp³-hybridized carbons (Fsp3) is 0.788. The number of allylic oxidation sites excluding steroid dienone is 9. The zero-order valence-corrected chi connectivity index (χ0v) is 37.7. The summed E-state index contributed by atoms with van der Waals surface area (Å²) in [6.45, 7) is 4.13. The summed E-state index contributed by atoms with van der Waals surface area (Å²) in [5.41, 5.74) is 0. The Morgan fingerprint density at radius 1 is 0.439 bits per heavy atom. The van der Waals surface area contributed by atoms with Crippen molar-refractivity contribution >= 4 is 5.91 Å². The molecule has 0 aliphatic carbocycles. The number of aliphatic hydroxyl groups excluding tert-OH is 3. The highest BCUT2D eigenvalue weighted by Gasteiger charge is 2.22. The molecule has 0 radical (unpaired) electrons. The number of hydrogen-bond donors (Lipinski definition) is 4. The number of nitrogens with one attached hydrogen (secondary N) is 1. The van der Waals surface area contributed by atoms with E-state index < -0.39 is 24.2 Å². The van der Waals surface area contributed by atoms with Gasteiger partial charge < -0.3 is 20.6 Å². The van der Waals surface area contributed by atoms with Crippen LogP contribution in [0.3, 0.4) is 0 Å². The Morgan fingerprint density at radius 2 is 0.772 bits per heavy atom. The molecule has 3 atom stereocenters. The summed E-state index contributed by atoms with van der Waals surface area (Å²) >= 11 is 0. The Morgan fingerprint density at radius 3 is 1.21 bits per heavy atom. The molecule has 0 fully saturated rings.